The van der Waals surface area contributed by atoms with Gasteiger partial charge in [0.05, 0.1) is 5.69 Å². The number of thioether (sulfide) groups is 1. The predicted octanol–water partition coefficient (Wildman–Crippen LogP) is 2.64. The van der Waals surface area contributed by atoms with Gasteiger partial charge >= 0.3 is 0 Å². The van der Waals surface area contributed by atoms with E-state index in [9.17, 15) is 4.39 Å². The normalized spacial score (nSPS) is 16.6. The molecular formula is C12H13FN2S. The van der Waals surface area contributed by atoms with E-state index in [0.29, 0.717) is 0 Å². The average Bonchev–Trinajstić information content (AvgIpc) is 2.57. The summed E-state index contributed by atoms with van der Waals surface area (Å²) in [5, 5.41) is 8.98. The van der Waals surface area contributed by atoms with Gasteiger partial charge in [0.25, 0.3) is 0 Å². The van der Waals surface area contributed by atoms with Crippen molar-refractivity contribution in [3.05, 3.63) is 29.6 Å². The molecule has 0 atom stereocenters. The first-order valence-electron chi connectivity index (χ1n) is 5.34. The second-order valence-electron chi connectivity index (χ2n) is 3.70. The van der Waals surface area contributed by atoms with Crippen LogP contribution >= 0.6 is 11.8 Å². The van der Waals surface area contributed by atoms with E-state index in [1.54, 1.807) is 6.07 Å². The van der Waals surface area contributed by atoms with Crippen LogP contribution in [0.25, 0.3) is 0 Å². The van der Waals surface area contributed by atoms with Crippen LogP contribution in [-0.2, 0) is 0 Å². The summed E-state index contributed by atoms with van der Waals surface area (Å²) < 4.78 is 13.5. The first-order chi connectivity index (χ1) is 7.83. The number of hydrogen-bond acceptors (Lipinski definition) is 3. The number of benzene rings is 1. The molecule has 1 aromatic carbocycles. The predicted molar refractivity (Wildman–Crippen MR) is 65.3 cm³/mol. The Morgan fingerprint density at radius 2 is 2.19 bits per heavy atom. The zero-order valence-electron chi connectivity index (χ0n) is 8.95. The van der Waals surface area contributed by atoms with Crippen LogP contribution in [-0.4, -0.2) is 24.6 Å². The van der Waals surface area contributed by atoms with Gasteiger partial charge in [-0.05, 0) is 24.3 Å². The lowest BCUT2D eigenvalue weighted by atomic mass is 10.1. The molecule has 1 heterocycles. The Morgan fingerprint density at radius 1 is 1.31 bits per heavy atom. The molecule has 84 valence electrons. The van der Waals surface area contributed by atoms with Crippen LogP contribution in [0.3, 0.4) is 0 Å². The fraction of sp³-hybridized carbons (Fsp3) is 0.417. The summed E-state index contributed by atoms with van der Waals surface area (Å²) in [6.45, 7) is 1.80. The molecule has 2 rings (SSSR count). The molecule has 1 aliphatic rings. The highest BCUT2D eigenvalue weighted by molar-refractivity contribution is 7.99. The highest BCUT2D eigenvalue weighted by Gasteiger charge is 2.15. The van der Waals surface area contributed by atoms with Gasteiger partial charge in [-0.25, -0.2) is 4.39 Å². The molecule has 0 aromatic heterocycles. The second-order valence-corrected chi connectivity index (χ2v) is 4.92. The van der Waals surface area contributed by atoms with Crippen molar-refractivity contribution >= 4 is 17.4 Å². The molecule has 1 aromatic rings. The fourth-order valence-electron chi connectivity index (χ4n) is 1.87. The lowest BCUT2D eigenvalue weighted by Gasteiger charge is -2.23. The lowest BCUT2D eigenvalue weighted by molar-refractivity contribution is 0.622. The number of hydrogen-bond donors (Lipinski definition) is 0. The molecular weight excluding hydrogens is 223 g/mol. The van der Waals surface area contributed by atoms with Gasteiger partial charge in [-0.3, -0.25) is 0 Å². The maximum absolute atomic E-state index is 13.5. The summed E-state index contributed by atoms with van der Waals surface area (Å²) in [6, 6.07) is 6.80. The Bertz CT molecular complexity index is 406. The number of nitriles is 1. The van der Waals surface area contributed by atoms with Crippen molar-refractivity contribution in [1.82, 2.24) is 0 Å². The van der Waals surface area contributed by atoms with Crippen molar-refractivity contribution in [3.8, 4) is 6.07 Å². The van der Waals surface area contributed by atoms with Crippen LogP contribution in [0.2, 0.25) is 0 Å². The molecule has 0 amide bonds. The smallest absolute Gasteiger partial charge is 0.143 e. The summed E-state index contributed by atoms with van der Waals surface area (Å²) >= 11 is 1.91. The van der Waals surface area contributed by atoms with Crippen LogP contribution in [0, 0.1) is 17.1 Å². The Balaban J connectivity index is 2.31. The van der Waals surface area contributed by atoms with Crippen molar-refractivity contribution in [3.63, 3.8) is 0 Å². The van der Waals surface area contributed by atoms with Gasteiger partial charge in [0.1, 0.15) is 17.4 Å². The standard InChI is InChI=1S/C12H13FN2S/c13-11-3-1-4-12(10(11)9-14)15-5-2-7-16-8-6-15/h1,3-4H,2,5-8H2. The minimum absolute atomic E-state index is 0.175. The van der Waals surface area contributed by atoms with E-state index in [1.807, 2.05) is 23.9 Å². The van der Waals surface area contributed by atoms with Crippen molar-refractivity contribution in [2.45, 2.75) is 6.42 Å². The van der Waals surface area contributed by atoms with Crippen LogP contribution < -0.4 is 4.90 Å². The minimum atomic E-state index is -0.420. The third-order valence-electron chi connectivity index (χ3n) is 2.67. The van der Waals surface area contributed by atoms with Gasteiger partial charge in [0.15, 0.2) is 0 Å². The summed E-state index contributed by atoms with van der Waals surface area (Å²) in [5.41, 5.74) is 0.916. The Labute approximate surface area is 99.1 Å². The first kappa shape index (κ1) is 11.3. The molecule has 16 heavy (non-hydrogen) atoms. The van der Waals surface area contributed by atoms with Gasteiger partial charge < -0.3 is 4.90 Å². The topological polar surface area (TPSA) is 27.0 Å². The monoisotopic (exact) mass is 236 g/mol. The molecule has 0 saturated carbocycles. The number of rotatable bonds is 1. The van der Waals surface area contributed by atoms with Gasteiger partial charge in [0.2, 0.25) is 0 Å². The van der Waals surface area contributed by atoms with E-state index < -0.39 is 5.82 Å². The minimum Gasteiger partial charge on any atom is -0.370 e. The molecule has 4 heteroatoms. The largest absolute Gasteiger partial charge is 0.370 e. The van der Waals surface area contributed by atoms with Crippen molar-refractivity contribution in [2.75, 3.05) is 29.5 Å². The van der Waals surface area contributed by atoms with Crippen LogP contribution in [0.5, 0.6) is 0 Å². The Hall–Kier alpha value is -1.21. The summed E-state index contributed by atoms with van der Waals surface area (Å²) in [4.78, 5) is 2.11. The van der Waals surface area contributed by atoms with E-state index in [1.165, 1.54) is 6.07 Å². The molecule has 0 bridgehead atoms. The molecule has 0 unspecified atom stereocenters. The Morgan fingerprint density at radius 3 is 3.00 bits per heavy atom. The van der Waals surface area contributed by atoms with Crippen LogP contribution in [0.4, 0.5) is 10.1 Å². The molecule has 0 spiro atoms. The number of halogens is 1. The maximum atomic E-state index is 13.5. The van der Waals surface area contributed by atoms with E-state index in [4.69, 9.17) is 5.26 Å². The van der Waals surface area contributed by atoms with E-state index in [2.05, 4.69) is 4.90 Å². The third kappa shape index (κ3) is 2.30. The Kier molecular flexibility index (Phi) is 3.68. The second kappa shape index (κ2) is 5.22. The molecule has 0 N–H and O–H groups in total. The molecule has 1 fully saturated rings. The molecule has 1 saturated heterocycles. The lowest BCUT2D eigenvalue weighted by Crippen LogP contribution is -2.26. The van der Waals surface area contributed by atoms with Crippen LogP contribution in [0.15, 0.2) is 18.2 Å². The molecule has 1 aliphatic heterocycles. The highest BCUT2D eigenvalue weighted by Crippen LogP contribution is 2.24. The van der Waals surface area contributed by atoms with Gasteiger partial charge in [0, 0.05) is 18.8 Å². The number of anilines is 1. The maximum Gasteiger partial charge on any atom is 0.143 e. The van der Waals surface area contributed by atoms with Gasteiger partial charge in [-0.2, -0.15) is 17.0 Å². The zero-order valence-corrected chi connectivity index (χ0v) is 9.76. The molecule has 2 nitrogen and oxygen atoms in total. The highest BCUT2D eigenvalue weighted by atomic mass is 32.2. The third-order valence-corrected chi connectivity index (χ3v) is 3.71. The van der Waals surface area contributed by atoms with E-state index >= 15 is 0 Å². The van der Waals surface area contributed by atoms with Crippen molar-refractivity contribution < 1.29 is 4.39 Å². The molecule has 0 radical (unpaired) electrons. The van der Waals surface area contributed by atoms with Gasteiger partial charge in [-0.1, -0.05) is 6.07 Å². The van der Waals surface area contributed by atoms with E-state index in [-0.39, 0.29) is 5.56 Å². The first-order valence-corrected chi connectivity index (χ1v) is 6.49. The average molecular weight is 236 g/mol. The summed E-state index contributed by atoms with van der Waals surface area (Å²) in [5.74, 6) is 1.77. The summed E-state index contributed by atoms with van der Waals surface area (Å²) in [7, 11) is 0. The summed E-state index contributed by atoms with van der Waals surface area (Å²) in [6.07, 6.45) is 1.09. The zero-order chi connectivity index (χ0) is 11.4. The fourth-order valence-corrected chi connectivity index (χ4v) is 2.76. The van der Waals surface area contributed by atoms with Crippen LogP contribution in [0.1, 0.15) is 12.0 Å². The van der Waals surface area contributed by atoms with Gasteiger partial charge in [-0.15, -0.1) is 0 Å². The SMILES string of the molecule is N#Cc1c(F)cccc1N1CCCSCC1. The van der Waals surface area contributed by atoms with Crippen molar-refractivity contribution in [2.24, 2.45) is 0 Å². The molecule has 0 aliphatic carbocycles. The number of nitrogens with zero attached hydrogens (tertiary/aromatic N) is 2. The quantitative estimate of drug-likeness (QED) is 0.750. The van der Waals surface area contributed by atoms with E-state index in [0.717, 1.165) is 36.7 Å². The van der Waals surface area contributed by atoms with Crippen molar-refractivity contribution in [1.29, 1.82) is 5.26 Å².